The molecule has 258 valence electrons. The predicted molar refractivity (Wildman–Crippen MR) is 175 cm³/mol. The van der Waals surface area contributed by atoms with Gasteiger partial charge >= 0.3 is 0 Å². The second-order valence-corrected chi connectivity index (χ2v) is 12.6. The van der Waals surface area contributed by atoms with Gasteiger partial charge in [-0.1, -0.05) is 30.3 Å². The number of nitrogens with two attached hydrogens (primary N) is 2. The number of aliphatic hydroxyl groups is 1. The number of imidazole rings is 1. The van der Waals surface area contributed by atoms with Crippen LogP contribution in [-0.4, -0.2) is 66.6 Å². The molecule has 0 aliphatic carbocycles. The fourth-order valence-electron chi connectivity index (χ4n) is 5.99. The lowest BCUT2D eigenvalue weighted by molar-refractivity contribution is -0.165. The fraction of sp³-hybridized carbons (Fsp3) is 0.353. The largest absolute Gasteiger partial charge is 0.460 e. The summed E-state index contributed by atoms with van der Waals surface area (Å²) >= 11 is 0. The maximum atomic E-state index is 15.7. The number of ether oxygens (including phenoxy) is 2. The van der Waals surface area contributed by atoms with E-state index in [1.807, 2.05) is 30.3 Å². The Bertz CT molecular complexity index is 1940. The summed E-state index contributed by atoms with van der Waals surface area (Å²) in [5.41, 5.74) is 13.4. The van der Waals surface area contributed by atoms with Crippen LogP contribution in [0.5, 0.6) is 5.75 Å². The Hall–Kier alpha value is -4.86. The molecule has 0 spiro atoms. The molecule has 0 radical (unpaired) electrons. The Kier molecular flexibility index (Phi) is 9.42. The summed E-state index contributed by atoms with van der Waals surface area (Å²) in [6, 6.07) is 12.9. The van der Waals surface area contributed by atoms with Gasteiger partial charge in [-0.2, -0.15) is 0 Å². The molecule has 2 atom stereocenters. The van der Waals surface area contributed by atoms with E-state index in [2.05, 4.69) is 19.9 Å². The van der Waals surface area contributed by atoms with Gasteiger partial charge in [0, 0.05) is 38.6 Å². The molecule has 6 rings (SSSR count). The van der Waals surface area contributed by atoms with Gasteiger partial charge in [-0.3, -0.25) is 4.98 Å². The van der Waals surface area contributed by atoms with Gasteiger partial charge < -0.3 is 35.5 Å². The smallest absolute Gasteiger partial charge is 0.265 e. The second-order valence-electron chi connectivity index (χ2n) is 12.6. The highest BCUT2D eigenvalue weighted by Crippen LogP contribution is 2.35. The van der Waals surface area contributed by atoms with Crippen molar-refractivity contribution in [1.29, 1.82) is 0 Å². The minimum Gasteiger partial charge on any atom is -0.460 e. The van der Waals surface area contributed by atoms with Gasteiger partial charge in [0.05, 0.1) is 42.6 Å². The molecule has 1 aliphatic heterocycles. The number of aromatic nitrogens is 5. The Morgan fingerprint density at radius 2 is 1.82 bits per heavy atom. The van der Waals surface area contributed by atoms with Crippen molar-refractivity contribution in [1.82, 2.24) is 24.5 Å². The molecule has 0 saturated carbocycles. The predicted octanol–water partition coefficient (Wildman–Crippen LogP) is 5.05. The average molecular weight is 681 g/mol. The number of hydrogen-bond acceptors (Lipinski definition) is 10. The summed E-state index contributed by atoms with van der Waals surface area (Å²) < 4.78 is 71.6. The molecular formula is C34H36F4N8O3. The number of piperidine rings is 1. The van der Waals surface area contributed by atoms with E-state index >= 15 is 8.78 Å². The summed E-state index contributed by atoms with van der Waals surface area (Å²) in [5.74, 6) is -3.09. The van der Waals surface area contributed by atoms with Gasteiger partial charge in [-0.15, -0.1) is 0 Å². The topological polar surface area (TPSA) is 150 Å². The van der Waals surface area contributed by atoms with Crippen LogP contribution in [0.1, 0.15) is 37.8 Å². The first kappa shape index (κ1) is 34.0. The van der Waals surface area contributed by atoms with Crippen molar-refractivity contribution in [3.05, 3.63) is 90.1 Å². The van der Waals surface area contributed by atoms with Gasteiger partial charge in [-0.05, 0) is 36.1 Å². The first-order valence-corrected chi connectivity index (χ1v) is 15.6. The van der Waals surface area contributed by atoms with Crippen LogP contribution in [0.2, 0.25) is 0 Å². The van der Waals surface area contributed by atoms with Crippen LogP contribution in [0, 0.1) is 11.6 Å². The van der Waals surface area contributed by atoms with Crippen LogP contribution in [0.15, 0.2) is 67.4 Å². The highest BCUT2D eigenvalue weighted by Gasteiger charge is 2.43. The van der Waals surface area contributed by atoms with Crippen molar-refractivity contribution in [3.63, 3.8) is 0 Å². The van der Waals surface area contributed by atoms with Crippen molar-refractivity contribution in [2.45, 2.75) is 63.7 Å². The molecule has 15 heteroatoms. The van der Waals surface area contributed by atoms with Crippen LogP contribution >= 0.6 is 0 Å². The molecule has 5 N–H and O–H groups in total. The van der Waals surface area contributed by atoms with Crippen LogP contribution in [0.25, 0.3) is 22.4 Å². The lowest BCUT2D eigenvalue weighted by Gasteiger charge is -2.44. The third kappa shape index (κ3) is 7.28. The Morgan fingerprint density at radius 3 is 2.57 bits per heavy atom. The first-order valence-electron chi connectivity index (χ1n) is 15.6. The number of pyridine rings is 1. The van der Waals surface area contributed by atoms with E-state index in [-0.39, 0.29) is 48.9 Å². The van der Waals surface area contributed by atoms with Crippen molar-refractivity contribution in [2.24, 2.45) is 5.73 Å². The number of fused-ring (bicyclic) bond motifs is 1. The second kappa shape index (κ2) is 13.6. The van der Waals surface area contributed by atoms with Gasteiger partial charge in [0.1, 0.15) is 23.8 Å². The number of aliphatic hydroxyl groups excluding tert-OH is 1. The monoisotopic (exact) mass is 680 g/mol. The summed E-state index contributed by atoms with van der Waals surface area (Å²) in [6.07, 6.45) is -0.207. The first-order chi connectivity index (χ1) is 23.3. The zero-order chi connectivity index (χ0) is 34.9. The van der Waals surface area contributed by atoms with Crippen molar-refractivity contribution in [3.8, 4) is 17.0 Å². The number of hydrogen-bond donors (Lipinski definition) is 3. The molecular weight excluding hydrogens is 644 g/mol. The third-order valence-electron chi connectivity index (χ3n) is 8.54. The number of rotatable bonds is 11. The quantitative estimate of drug-likeness (QED) is 0.128. The Labute approximate surface area is 279 Å². The molecule has 1 aliphatic rings. The number of halogens is 4. The number of benzene rings is 2. The summed E-state index contributed by atoms with van der Waals surface area (Å²) in [6.45, 7) is 3.85. The molecule has 2 aromatic carbocycles. The van der Waals surface area contributed by atoms with E-state index in [0.717, 1.165) is 17.7 Å². The Balaban J connectivity index is 1.33. The number of alkyl halides is 2. The van der Waals surface area contributed by atoms with E-state index in [1.54, 1.807) is 29.4 Å². The third-order valence-corrected chi connectivity index (χ3v) is 8.54. The molecule has 3 aromatic heterocycles. The van der Waals surface area contributed by atoms with E-state index in [0.29, 0.717) is 35.4 Å². The zero-order valence-electron chi connectivity index (χ0n) is 26.9. The van der Waals surface area contributed by atoms with Crippen LogP contribution in [0.3, 0.4) is 0 Å². The van der Waals surface area contributed by atoms with Crippen LogP contribution in [-0.2, 0) is 17.9 Å². The molecule has 0 amide bonds. The molecule has 49 heavy (non-hydrogen) atoms. The Morgan fingerprint density at radius 1 is 1.04 bits per heavy atom. The maximum absolute atomic E-state index is 15.7. The lowest BCUT2D eigenvalue weighted by Crippen LogP contribution is -2.63. The molecule has 5 aromatic rings. The highest BCUT2D eigenvalue weighted by atomic mass is 19.3. The van der Waals surface area contributed by atoms with Gasteiger partial charge in [0.2, 0.25) is 5.79 Å². The molecule has 1 saturated heterocycles. The summed E-state index contributed by atoms with van der Waals surface area (Å²) in [5, 5.41) is 10.3. The summed E-state index contributed by atoms with van der Waals surface area (Å²) in [4.78, 5) is 18.8. The summed E-state index contributed by atoms with van der Waals surface area (Å²) in [7, 11) is 0. The van der Waals surface area contributed by atoms with Crippen molar-refractivity contribution < 1.29 is 32.1 Å². The SMILES string of the molecule is CC(C)(OCc1ccccc1)Oc1cc(F)c(-c2cc(Cn3cnc4c(N)ncnc43)c(N3CCC[C@](N)([C@H](O)C(F)F)C3)cn2)cc1F. The van der Waals surface area contributed by atoms with Crippen LogP contribution < -0.4 is 21.1 Å². The molecule has 0 bridgehead atoms. The molecule has 1 fully saturated rings. The minimum atomic E-state index is -3.03. The van der Waals surface area contributed by atoms with Gasteiger partial charge in [-0.25, -0.2) is 32.5 Å². The van der Waals surface area contributed by atoms with Crippen LogP contribution in [0.4, 0.5) is 29.1 Å². The van der Waals surface area contributed by atoms with Gasteiger partial charge in [0.15, 0.2) is 23.0 Å². The van der Waals surface area contributed by atoms with E-state index in [1.165, 1.54) is 18.9 Å². The molecule has 4 heterocycles. The van der Waals surface area contributed by atoms with E-state index in [4.69, 9.17) is 20.9 Å². The van der Waals surface area contributed by atoms with Crippen molar-refractivity contribution >= 4 is 22.7 Å². The normalized spacial score (nSPS) is 17.5. The number of nitrogens with zero attached hydrogens (tertiary/aromatic N) is 6. The lowest BCUT2D eigenvalue weighted by atomic mass is 9.84. The minimum absolute atomic E-state index is 0.0938. The molecule has 0 unspecified atom stereocenters. The number of anilines is 2. The fourth-order valence-corrected chi connectivity index (χ4v) is 5.99. The zero-order valence-corrected chi connectivity index (χ0v) is 26.9. The maximum Gasteiger partial charge on any atom is 0.265 e. The number of nitrogen functional groups attached to an aromatic ring is 1. The molecule has 11 nitrogen and oxygen atoms in total. The standard InChI is InChI=1S/C34H36F4N8O3/c1-33(2,48-16-20-7-4-3-5-8-20)49-27-13-23(35)22(12-24(27)36)25-11-21(15-46-19-44-28-31(39)42-18-43-32(28)46)26(14-41-25)45-10-6-9-34(40,17-45)29(47)30(37)38/h3-5,7-8,11-14,18-19,29-30,47H,6,9-10,15-17,40H2,1-2H3,(H2,39,42,43)/t29-,34-/m1/s1. The van der Waals surface area contributed by atoms with E-state index in [9.17, 15) is 13.9 Å². The average Bonchev–Trinajstić information content (AvgIpc) is 3.49. The van der Waals surface area contributed by atoms with Crippen molar-refractivity contribution in [2.75, 3.05) is 23.7 Å². The van der Waals surface area contributed by atoms with Gasteiger partial charge in [0.25, 0.3) is 6.43 Å². The van der Waals surface area contributed by atoms with E-state index < -0.39 is 35.5 Å². The highest BCUT2D eigenvalue weighted by molar-refractivity contribution is 5.81.